The highest BCUT2D eigenvalue weighted by Crippen LogP contribution is 2.37. The number of halogens is 3. The van der Waals surface area contributed by atoms with Gasteiger partial charge in [-0.3, -0.25) is 4.79 Å². The number of benzene rings is 1. The van der Waals surface area contributed by atoms with E-state index < -0.39 is 0 Å². The summed E-state index contributed by atoms with van der Waals surface area (Å²) in [6, 6.07) is 7.79. The first-order valence-electron chi connectivity index (χ1n) is 5.23. The van der Waals surface area contributed by atoms with Crippen LogP contribution < -0.4 is 0 Å². The minimum Gasteiger partial charge on any atom is -0.288 e. The Bertz CT molecular complexity index is 769. The second kappa shape index (κ2) is 5.41. The van der Waals surface area contributed by atoms with Crippen molar-refractivity contribution in [1.82, 2.24) is 0 Å². The molecule has 0 atom stereocenters. The van der Waals surface area contributed by atoms with Crippen molar-refractivity contribution < 1.29 is 4.79 Å². The third kappa shape index (κ3) is 2.49. The van der Waals surface area contributed by atoms with E-state index in [1.807, 2.05) is 29.6 Å². The van der Waals surface area contributed by atoms with Crippen LogP contribution in [0.5, 0.6) is 0 Å². The zero-order chi connectivity index (χ0) is 13.6. The fourth-order valence-electron chi connectivity index (χ4n) is 1.79. The fraction of sp³-hybridized carbons (Fsp3) is 0. The van der Waals surface area contributed by atoms with Crippen molar-refractivity contribution >= 4 is 86.3 Å². The van der Waals surface area contributed by atoms with Gasteiger partial charge in [0.2, 0.25) is 5.78 Å². The minimum atomic E-state index is 0.0701. The van der Waals surface area contributed by atoms with Crippen LogP contribution >= 0.6 is 70.5 Å². The van der Waals surface area contributed by atoms with Crippen LogP contribution in [0, 0.1) is 0 Å². The quantitative estimate of drug-likeness (QED) is 0.383. The number of fused-ring (bicyclic) bond motifs is 1. The molecule has 96 valence electrons. The molecular formula is C13H5Br3OS2. The van der Waals surface area contributed by atoms with E-state index in [9.17, 15) is 4.79 Å². The fourth-order valence-corrected chi connectivity index (χ4v) is 5.38. The third-order valence-electron chi connectivity index (χ3n) is 2.67. The highest BCUT2D eigenvalue weighted by Gasteiger charge is 2.18. The van der Waals surface area contributed by atoms with Crippen LogP contribution in [0.1, 0.15) is 15.2 Å². The second-order valence-electron chi connectivity index (χ2n) is 3.83. The van der Waals surface area contributed by atoms with Crippen LogP contribution in [0.2, 0.25) is 0 Å². The predicted molar refractivity (Wildman–Crippen MR) is 92.7 cm³/mol. The molecule has 0 saturated heterocycles. The average molecular weight is 481 g/mol. The topological polar surface area (TPSA) is 17.1 Å². The van der Waals surface area contributed by atoms with Crippen LogP contribution in [0.4, 0.5) is 0 Å². The van der Waals surface area contributed by atoms with Crippen LogP contribution in [-0.4, -0.2) is 5.78 Å². The minimum absolute atomic E-state index is 0.0701. The molecule has 3 rings (SSSR count). The molecule has 0 aliphatic rings. The van der Waals surface area contributed by atoms with Gasteiger partial charge in [0.05, 0.1) is 8.66 Å². The summed E-state index contributed by atoms with van der Waals surface area (Å²) in [5, 5.41) is 2.93. The number of hydrogen-bond donors (Lipinski definition) is 0. The Hall–Kier alpha value is -0.0100. The molecule has 0 bridgehead atoms. The first-order valence-corrected chi connectivity index (χ1v) is 9.30. The molecule has 6 heteroatoms. The normalized spacial score (nSPS) is 11.1. The number of ketones is 1. The zero-order valence-electron chi connectivity index (χ0n) is 9.25. The van der Waals surface area contributed by atoms with E-state index in [2.05, 4.69) is 47.8 Å². The van der Waals surface area contributed by atoms with Gasteiger partial charge >= 0.3 is 0 Å². The van der Waals surface area contributed by atoms with E-state index in [0.29, 0.717) is 0 Å². The van der Waals surface area contributed by atoms with Crippen molar-refractivity contribution in [2.75, 3.05) is 0 Å². The second-order valence-corrected chi connectivity index (χ2v) is 8.79. The van der Waals surface area contributed by atoms with Crippen molar-refractivity contribution in [2.24, 2.45) is 0 Å². The number of thiophene rings is 2. The van der Waals surface area contributed by atoms with Gasteiger partial charge in [-0.05, 0) is 59.9 Å². The lowest BCUT2D eigenvalue weighted by Gasteiger charge is -1.97. The van der Waals surface area contributed by atoms with Gasteiger partial charge in [0.1, 0.15) is 0 Å². The highest BCUT2D eigenvalue weighted by atomic mass is 79.9. The van der Waals surface area contributed by atoms with Gasteiger partial charge in [-0.2, -0.15) is 0 Å². The first-order chi connectivity index (χ1) is 9.08. The standard InChI is InChI=1S/C13H5Br3OS2/c14-8-3-1-2-6-7(5-18-12(6)8)11(17)10-4-9(15)13(16)19-10/h1-5H. The van der Waals surface area contributed by atoms with Gasteiger partial charge < -0.3 is 0 Å². The molecule has 0 aliphatic carbocycles. The SMILES string of the molecule is O=C(c1cc(Br)c(Br)s1)c1csc2c(Br)cccc12. The van der Waals surface area contributed by atoms with Gasteiger partial charge in [-0.1, -0.05) is 12.1 Å². The van der Waals surface area contributed by atoms with Crippen LogP contribution in [0.3, 0.4) is 0 Å². The Balaban J connectivity index is 2.14. The Kier molecular flexibility index (Phi) is 3.97. The van der Waals surface area contributed by atoms with Crippen molar-refractivity contribution in [3.8, 4) is 0 Å². The van der Waals surface area contributed by atoms with Crippen molar-refractivity contribution in [1.29, 1.82) is 0 Å². The van der Waals surface area contributed by atoms with Gasteiger partial charge in [-0.25, -0.2) is 0 Å². The molecule has 0 fully saturated rings. The van der Waals surface area contributed by atoms with Gasteiger partial charge in [0.15, 0.2) is 0 Å². The molecule has 0 N–H and O–H groups in total. The third-order valence-corrected chi connectivity index (χ3v) is 7.87. The molecule has 0 spiro atoms. The van der Waals surface area contributed by atoms with E-state index in [1.54, 1.807) is 11.3 Å². The van der Waals surface area contributed by atoms with E-state index in [0.717, 1.165) is 33.3 Å². The number of carbonyl (C=O) groups excluding carboxylic acids is 1. The Morgan fingerprint density at radius 2 is 1.89 bits per heavy atom. The van der Waals surface area contributed by atoms with E-state index in [1.165, 1.54) is 11.3 Å². The van der Waals surface area contributed by atoms with E-state index in [4.69, 9.17) is 0 Å². The molecule has 0 radical (unpaired) electrons. The average Bonchev–Trinajstić information content (AvgIpc) is 2.94. The summed E-state index contributed by atoms with van der Waals surface area (Å²) >= 11 is 13.4. The van der Waals surface area contributed by atoms with Gasteiger partial charge in [0.25, 0.3) is 0 Å². The molecule has 1 nitrogen and oxygen atoms in total. The maximum atomic E-state index is 12.6. The van der Waals surface area contributed by atoms with Gasteiger partial charge in [-0.15, -0.1) is 22.7 Å². The highest BCUT2D eigenvalue weighted by molar-refractivity contribution is 9.13. The maximum absolute atomic E-state index is 12.6. The molecule has 2 aromatic heterocycles. The Labute approximate surface area is 143 Å². The van der Waals surface area contributed by atoms with Crippen molar-refractivity contribution in [3.05, 3.63) is 52.8 Å². The monoisotopic (exact) mass is 478 g/mol. The lowest BCUT2D eigenvalue weighted by molar-refractivity contribution is 0.104. The maximum Gasteiger partial charge on any atom is 0.204 e. The Morgan fingerprint density at radius 3 is 2.58 bits per heavy atom. The molecule has 0 aliphatic heterocycles. The summed E-state index contributed by atoms with van der Waals surface area (Å²) in [6.45, 7) is 0. The van der Waals surface area contributed by atoms with Crippen molar-refractivity contribution in [3.63, 3.8) is 0 Å². The number of rotatable bonds is 2. The molecule has 19 heavy (non-hydrogen) atoms. The van der Waals surface area contributed by atoms with Crippen molar-refractivity contribution in [2.45, 2.75) is 0 Å². The Morgan fingerprint density at radius 1 is 1.11 bits per heavy atom. The van der Waals surface area contributed by atoms with E-state index in [-0.39, 0.29) is 5.78 Å². The molecular weight excluding hydrogens is 476 g/mol. The lowest BCUT2D eigenvalue weighted by Crippen LogP contribution is -1.96. The molecule has 0 unspecified atom stereocenters. The summed E-state index contributed by atoms with van der Waals surface area (Å²) in [5.41, 5.74) is 0.766. The van der Waals surface area contributed by atoms with Crippen LogP contribution in [0.25, 0.3) is 10.1 Å². The number of hydrogen-bond acceptors (Lipinski definition) is 3. The van der Waals surface area contributed by atoms with E-state index >= 15 is 0 Å². The summed E-state index contributed by atoms with van der Waals surface area (Å²) in [5.74, 6) is 0.0701. The summed E-state index contributed by atoms with van der Waals surface area (Å²) < 4.78 is 4.00. The predicted octanol–water partition coefficient (Wildman–Crippen LogP) is 6.48. The summed E-state index contributed by atoms with van der Waals surface area (Å²) in [7, 11) is 0. The number of carbonyl (C=O) groups is 1. The van der Waals surface area contributed by atoms with Gasteiger partial charge in [0, 0.05) is 30.0 Å². The summed E-state index contributed by atoms with van der Waals surface area (Å²) in [4.78, 5) is 13.3. The smallest absolute Gasteiger partial charge is 0.204 e. The lowest BCUT2D eigenvalue weighted by atomic mass is 10.1. The molecule has 2 heterocycles. The molecule has 3 aromatic rings. The summed E-state index contributed by atoms with van der Waals surface area (Å²) in [6.07, 6.45) is 0. The van der Waals surface area contributed by atoms with Crippen LogP contribution in [-0.2, 0) is 0 Å². The molecule has 0 saturated carbocycles. The zero-order valence-corrected chi connectivity index (χ0v) is 15.6. The first kappa shape index (κ1) is 13.9. The molecule has 1 aromatic carbocycles. The molecule has 0 amide bonds. The largest absolute Gasteiger partial charge is 0.288 e. The van der Waals surface area contributed by atoms with Crippen LogP contribution in [0.15, 0.2) is 42.4 Å².